The zero-order valence-electron chi connectivity index (χ0n) is 8.16. The van der Waals surface area contributed by atoms with Crippen molar-refractivity contribution in [3.8, 4) is 9.88 Å². The highest BCUT2D eigenvalue weighted by Gasteiger charge is 2.10. The molecule has 3 nitrogen and oxygen atoms in total. The molecule has 0 spiro atoms. The van der Waals surface area contributed by atoms with Crippen molar-refractivity contribution in [2.75, 3.05) is 6.54 Å². The molecule has 15 heavy (non-hydrogen) atoms. The highest BCUT2D eigenvalue weighted by atomic mass is 79.9. The van der Waals surface area contributed by atoms with E-state index in [1.54, 1.807) is 22.7 Å². The van der Waals surface area contributed by atoms with Crippen LogP contribution >= 0.6 is 38.6 Å². The average molecular weight is 304 g/mol. The topological polar surface area (TPSA) is 51.8 Å². The fourth-order valence-electron chi connectivity index (χ4n) is 1.14. The van der Waals surface area contributed by atoms with Gasteiger partial charge in [0.05, 0.1) is 8.66 Å². The Morgan fingerprint density at radius 3 is 2.80 bits per heavy atom. The minimum absolute atomic E-state index is 0.627. The Morgan fingerprint density at radius 2 is 2.20 bits per heavy atom. The lowest BCUT2D eigenvalue weighted by Crippen LogP contribution is -2.01. The van der Waals surface area contributed by atoms with Crippen LogP contribution in [0.4, 0.5) is 0 Å². The number of halogens is 1. The van der Waals surface area contributed by atoms with Gasteiger partial charge < -0.3 is 5.73 Å². The molecule has 0 fully saturated rings. The van der Waals surface area contributed by atoms with Crippen LogP contribution in [0.5, 0.6) is 0 Å². The van der Waals surface area contributed by atoms with E-state index >= 15 is 0 Å². The van der Waals surface area contributed by atoms with Crippen molar-refractivity contribution in [3.05, 3.63) is 20.4 Å². The van der Waals surface area contributed by atoms with Gasteiger partial charge >= 0.3 is 0 Å². The second-order valence-electron chi connectivity index (χ2n) is 3.11. The summed E-state index contributed by atoms with van der Waals surface area (Å²) >= 11 is 6.82. The van der Waals surface area contributed by atoms with Gasteiger partial charge in [0, 0.05) is 6.42 Å². The number of hydrogen-bond donors (Lipinski definition) is 1. The SMILES string of the molecule is Cc1cc(-c2nnc(CCN)s2)sc1Br. The summed E-state index contributed by atoms with van der Waals surface area (Å²) in [5.74, 6) is 0. The zero-order chi connectivity index (χ0) is 10.8. The van der Waals surface area contributed by atoms with Gasteiger partial charge in [-0.05, 0) is 41.0 Å². The van der Waals surface area contributed by atoms with Gasteiger partial charge in [0.2, 0.25) is 0 Å². The maximum absolute atomic E-state index is 5.47. The maximum Gasteiger partial charge on any atom is 0.157 e. The van der Waals surface area contributed by atoms with E-state index in [9.17, 15) is 0 Å². The summed E-state index contributed by atoms with van der Waals surface area (Å²) in [5.41, 5.74) is 6.71. The van der Waals surface area contributed by atoms with Crippen molar-refractivity contribution in [1.82, 2.24) is 10.2 Å². The van der Waals surface area contributed by atoms with Gasteiger partial charge in [0.15, 0.2) is 5.01 Å². The number of nitrogens with zero attached hydrogens (tertiary/aromatic N) is 2. The van der Waals surface area contributed by atoms with Gasteiger partial charge in [-0.15, -0.1) is 21.5 Å². The van der Waals surface area contributed by atoms with Crippen LogP contribution in [0.2, 0.25) is 0 Å². The van der Waals surface area contributed by atoms with Crippen LogP contribution in [0.25, 0.3) is 9.88 Å². The molecule has 0 saturated carbocycles. The molecule has 2 N–H and O–H groups in total. The molecule has 0 saturated heterocycles. The minimum Gasteiger partial charge on any atom is -0.330 e. The quantitative estimate of drug-likeness (QED) is 0.948. The van der Waals surface area contributed by atoms with E-state index in [2.05, 4.69) is 39.1 Å². The van der Waals surface area contributed by atoms with E-state index in [-0.39, 0.29) is 0 Å². The first kappa shape index (κ1) is 11.2. The van der Waals surface area contributed by atoms with Crippen LogP contribution in [-0.4, -0.2) is 16.7 Å². The Kier molecular flexibility index (Phi) is 3.50. The zero-order valence-corrected chi connectivity index (χ0v) is 11.4. The Hall–Kier alpha value is -0.300. The summed E-state index contributed by atoms with van der Waals surface area (Å²) in [4.78, 5) is 1.17. The fourth-order valence-corrected chi connectivity index (χ4v) is 3.57. The van der Waals surface area contributed by atoms with Gasteiger partial charge in [-0.2, -0.15) is 0 Å². The molecule has 0 radical (unpaired) electrons. The fraction of sp³-hybridized carbons (Fsp3) is 0.333. The normalized spacial score (nSPS) is 10.9. The van der Waals surface area contributed by atoms with Crippen molar-refractivity contribution in [3.63, 3.8) is 0 Å². The second-order valence-corrected chi connectivity index (χ2v) is 6.54. The van der Waals surface area contributed by atoms with Crippen LogP contribution in [-0.2, 0) is 6.42 Å². The Bertz CT molecular complexity index is 444. The molecule has 2 heterocycles. The predicted octanol–water partition coefficient (Wildman–Crippen LogP) is 2.84. The summed E-state index contributed by atoms with van der Waals surface area (Å²) < 4.78 is 1.16. The summed E-state index contributed by atoms with van der Waals surface area (Å²) in [5, 5.41) is 10.3. The van der Waals surface area contributed by atoms with Crippen LogP contribution < -0.4 is 5.73 Å². The molecule has 0 aliphatic carbocycles. The number of rotatable bonds is 3. The van der Waals surface area contributed by atoms with Gasteiger partial charge in [0.1, 0.15) is 5.01 Å². The highest BCUT2D eigenvalue weighted by molar-refractivity contribution is 9.11. The molecule has 0 unspecified atom stereocenters. The van der Waals surface area contributed by atoms with E-state index in [1.165, 1.54) is 10.4 Å². The van der Waals surface area contributed by atoms with E-state index in [1.807, 2.05) is 0 Å². The lowest BCUT2D eigenvalue weighted by molar-refractivity contribution is 0.914. The molecule has 2 aromatic rings. The van der Waals surface area contributed by atoms with Crippen LogP contribution in [0.3, 0.4) is 0 Å². The summed E-state index contributed by atoms with van der Waals surface area (Å²) in [6.07, 6.45) is 0.809. The number of thiophene rings is 1. The third-order valence-electron chi connectivity index (χ3n) is 1.89. The third-order valence-corrected chi connectivity index (χ3v) is 5.18. The molecule has 80 valence electrons. The Balaban J connectivity index is 2.28. The molecule has 2 aromatic heterocycles. The minimum atomic E-state index is 0.627. The molecule has 0 atom stereocenters. The summed E-state index contributed by atoms with van der Waals surface area (Å²) in [7, 11) is 0. The van der Waals surface area contributed by atoms with Gasteiger partial charge in [-0.3, -0.25) is 0 Å². The predicted molar refractivity (Wildman–Crippen MR) is 68.4 cm³/mol. The third kappa shape index (κ3) is 2.44. The van der Waals surface area contributed by atoms with Crippen molar-refractivity contribution >= 4 is 38.6 Å². The lowest BCUT2D eigenvalue weighted by Gasteiger charge is -1.86. The monoisotopic (exact) mass is 303 g/mol. The first-order valence-corrected chi connectivity index (χ1v) is 6.92. The first-order valence-electron chi connectivity index (χ1n) is 4.49. The second kappa shape index (κ2) is 4.69. The molecule has 6 heteroatoms. The lowest BCUT2D eigenvalue weighted by atomic mass is 10.3. The highest BCUT2D eigenvalue weighted by Crippen LogP contribution is 2.35. The summed E-state index contributed by atoms with van der Waals surface area (Å²) in [6, 6.07) is 2.13. The average Bonchev–Trinajstić information content (AvgIpc) is 2.76. The number of nitrogens with two attached hydrogens (primary N) is 1. The standard InChI is InChI=1S/C9H10BrN3S2/c1-5-4-6(14-8(5)10)9-13-12-7(15-9)2-3-11/h4H,2-3,11H2,1H3. The molecular weight excluding hydrogens is 294 g/mol. The number of aryl methyl sites for hydroxylation is 1. The van der Waals surface area contributed by atoms with Crippen LogP contribution in [0.15, 0.2) is 9.85 Å². The largest absolute Gasteiger partial charge is 0.330 e. The first-order chi connectivity index (χ1) is 7.20. The van der Waals surface area contributed by atoms with Gasteiger partial charge in [-0.1, -0.05) is 11.3 Å². The molecule has 0 aromatic carbocycles. The molecule has 0 aliphatic rings. The molecule has 0 bridgehead atoms. The number of aromatic nitrogens is 2. The molecule has 2 rings (SSSR count). The maximum atomic E-state index is 5.47. The van der Waals surface area contributed by atoms with E-state index < -0.39 is 0 Å². The van der Waals surface area contributed by atoms with E-state index in [0.717, 1.165) is 20.2 Å². The van der Waals surface area contributed by atoms with E-state index in [0.29, 0.717) is 6.54 Å². The summed E-state index contributed by atoms with van der Waals surface area (Å²) in [6.45, 7) is 2.70. The van der Waals surface area contributed by atoms with Crippen LogP contribution in [0, 0.1) is 6.92 Å². The molecule has 0 amide bonds. The van der Waals surface area contributed by atoms with Gasteiger partial charge in [0.25, 0.3) is 0 Å². The Labute approximate surface area is 104 Å². The Morgan fingerprint density at radius 1 is 1.40 bits per heavy atom. The smallest absolute Gasteiger partial charge is 0.157 e. The van der Waals surface area contributed by atoms with Crippen molar-refractivity contribution in [1.29, 1.82) is 0 Å². The molecule has 0 aliphatic heterocycles. The van der Waals surface area contributed by atoms with Gasteiger partial charge in [-0.25, -0.2) is 0 Å². The van der Waals surface area contributed by atoms with Crippen LogP contribution in [0.1, 0.15) is 10.6 Å². The van der Waals surface area contributed by atoms with E-state index in [4.69, 9.17) is 5.73 Å². The number of hydrogen-bond acceptors (Lipinski definition) is 5. The molecular formula is C9H10BrN3S2. The van der Waals surface area contributed by atoms with Crippen molar-refractivity contribution in [2.24, 2.45) is 5.73 Å². The van der Waals surface area contributed by atoms with Crippen molar-refractivity contribution < 1.29 is 0 Å². The van der Waals surface area contributed by atoms with Crippen molar-refractivity contribution in [2.45, 2.75) is 13.3 Å².